The van der Waals surface area contributed by atoms with Crippen molar-refractivity contribution >= 4 is 5.82 Å². The number of anilines is 1. The van der Waals surface area contributed by atoms with Crippen LogP contribution in [0.3, 0.4) is 0 Å². The molecule has 3 N–H and O–H groups in total. The smallest absolute Gasteiger partial charge is 0.148 e. The van der Waals surface area contributed by atoms with E-state index in [1.165, 1.54) is 30.4 Å². The normalized spacial score (nSPS) is 23.6. The van der Waals surface area contributed by atoms with Crippen LogP contribution < -0.4 is 10.6 Å². The van der Waals surface area contributed by atoms with Gasteiger partial charge in [-0.1, -0.05) is 17.3 Å². The van der Waals surface area contributed by atoms with Crippen LogP contribution in [0.25, 0.3) is 17.1 Å². The minimum atomic E-state index is 0.149. The van der Waals surface area contributed by atoms with Crippen molar-refractivity contribution in [2.45, 2.75) is 37.8 Å². The van der Waals surface area contributed by atoms with Crippen molar-refractivity contribution in [3.63, 3.8) is 0 Å². The standard InChI is InChI=1S/C20H23N7O/c28-19-4-2-1-3-18(19)27-12-17(24-26-27)16-7-8-20(25-23-16)21-11-13-9-14-5-6-15(10-13)22-14/h1-4,7-8,12-15,22,28H,5-6,9-11H2,(H,21,25). The number of fused-ring (bicyclic) bond motifs is 2. The molecule has 28 heavy (non-hydrogen) atoms. The first kappa shape index (κ1) is 17.1. The van der Waals surface area contributed by atoms with Crippen molar-refractivity contribution in [2.75, 3.05) is 11.9 Å². The van der Waals surface area contributed by atoms with Crippen molar-refractivity contribution < 1.29 is 5.11 Å². The third-order valence-corrected chi connectivity index (χ3v) is 5.69. The topological polar surface area (TPSA) is 101 Å². The quantitative estimate of drug-likeness (QED) is 0.627. The summed E-state index contributed by atoms with van der Waals surface area (Å²) in [7, 11) is 0. The minimum absolute atomic E-state index is 0.149. The van der Waals surface area contributed by atoms with Gasteiger partial charge in [-0.2, -0.15) is 0 Å². The number of aromatic nitrogens is 5. The zero-order chi connectivity index (χ0) is 18.9. The van der Waals surface area contributed by atoms with Gasteiger partial charge in [-0.25, -0.2) is 4.68 Å². The first-order valence-corrected chi connectivity index (χ1v) is 9.79. The van der Waals surface area contributed by atoms with Crippen LogP contribution in [0.2, 0.25) is 0 Å². The van der Waals surface area contributed by atoms with Crippen LogP contribution >= 0.6 is 0 Å². The highest BCUT2D eigenvalue weighted by molar-refractivity contribution is 5.55. The summed E-state index contributed by atoms with van der Waals surface area (Å²) in [6.45, 7) is 0.937. The number of rotatable bonds is 5. The van der Waals surface area contributed by atoms with Crippen LogP contribution in [0, 0.1) is 5.92 Å². The van der Waals surface area contributed by atoms with Gasteiger partial charge >= 0.3 is 0 Å². The second-order valence-electron chi connectivity index (χ2n) is 7.70. The molecular weight excluding hydrogens is 354 g/mol. The molecule has 5 rings (SSSR count). The predicted molar refractivity (Wildman–Crippen MR) is 105 cm³/mol. The maximum absolute atomic E-state index is 9.95. The first-order chi connectivity index (χ1) is 13.7. The van der Waals surface area contributed by atoms with Gasteiger partial charge in [0, 0.05) is 18.6 Å². The van der Waals surface area contributed by atoms with E-state index in [-0.39, 0.29) is 5.75 Å². The molecule has 0 radical (unpaired) electrons. The Morgan fingerprint density at radius 2 is 1.82 bits per heavy atom. The SMILES string of the molecule is Oc1ccccc1-n1cc(-c2ccc(NCC3CC4CCC(C3)N4)nn2)nn1. The lowest BCUT2D eigenvalue weighted by atomic mass is 9.92. The zero-order valence-corrected chi connectivity index (χ0v) is 15.5. The lowest BCUT2D eigenvalue weighted by Crippen LogP contribution is -2.40. The average Bonchev–Trinajstić information content (AvgIpc) is 3.34. The molecule has 0 amide bonds. The summed E-state index contributed by atoms with van der Waals surface area (Å²) in [5, 5.41) is 33.9. The fourth-order valence-corrected chi connectivity index (χ4v) is 4.31. The molecule has 0 saturated carbocycles. The van der Waals surface area contributed by atoms with E-state index >= 15 is 0 Å². The number of hydrogen-bond donors (Lipinski definition) is 3. The van der Waals surface area contributed by atoms with Crippen molar-refractivity contribution in [2.24, 2.45) is 5.92 Å². The van der Waals surface area contributed by atoms with Crippen LogP contribution in [-0.4, -0.2) is 48.9 Å². The van der Waals surface area contributed by atoms with Gasteiger partial charge in [0.25, 0.3) is 0 Å². The molecule has 3 aromatic rings. The number of phenolic OH excluding ortho intramolecular Hbond substituents is 1. The Hall–Kier alpha value is -3.00. The number of hydrogen-bond acceptors (Lipinski definition) is 7. The molecule has 8 nitrogen and oxygen atoms in total. The molecule has 2 unspecified atom stereocenters. The molecule has 2 aliphatic heterocycles. The molecule has 2 atom stereocenters. The molecule has 0 spiro atoms. The summed E-state index contributed by atoms with van der Waals surface area (Å²) in [6, 6.07) is 12.2. The first-order valence-electron chi connectivity index (χ1n) is 9.79. The highest BCUT2D eigenvalue weighted by Gasteiger charge is 2.33. The molecule has 1 aromatic carbocycles. The Bertz CT molecular complexity index is 943. The second kappa shape index (κ2) is 7.20. The zero-order valence-electron chi connectivity index (χ0n) is 15.5. The van der Waals surface area contributed by atoms with E-state index in [4.69, 9.17) is 0 Å². The third kappa shape index (κ3) is 3.43. The molecule has 2 bridgehead atoms. The fraction of sp³-hybridized carbons (Fsp3) is 0.400. The van der Waals surface area contributed by atoms with Gasteiger partial charge in [-0.15, -0.1) is 15.3 Å². The average molecular weight is 377 g/mol. The summed E-state index contributed by atoms with van der Waals surface area (Å²) in [4.78, 5) is 0. The number of para-hydroxylation sites is 2. The van der Waals surface area contributed by atoms with Gasteiger partial charge in [-0.3, -0.25) is 0 Å². The number of nitrogens with one attached hydrogen (secondary N) is 2. The maximum atomic E-state index is 9.95. The van der Waals surface area contributed by atoms with Crippen LogP contribution in [0.15, 0.2) is 42.6 Å². The third-order valence-electron chi connectivity index (χ3n) is 5.69. The van der Waals surface area contributed by atoms with Crippen LogP contribution in [-0.2, 0) is 0 Å². The summed E-state index contributed by atoms with van der Waals surface area (Å²) in [6.07, 6.45) is 6.85. The van der Waals surface area contributed by atoms with Crippen molar-refractivity contribution in [1.82, 2.24) is 30.5 Å². The molecule has 144 valence electrons. The van der Waals surface area contributed by atoms with E-state index in [2.05, 4.69) is 31.1 Å². The number of benzene rings is 1. The molecule has 2 fully saturated rings. The summed E-state index contributed by atoms with van der Waals surface area (Å²) in [5.74, 6) is 1.62. The maximum Gasteiger partial charge on any atom is 0.148 e. The van der Waals surface area contributed by atoms with Crippen molar-refractivity contribution in [3.8, 4) is 22.8 Å². The molecule has 0 aliphatic carbocycles. The summed E-state index contributed by atoms with van der Waals surface area (Å²) < 4.78 is 1.53. The van der Waals surface area contributed by atoms with Gasteiger partial charge in [0.05, 0.1) is 6.20 Å². The highest BCUT2D eigenvalue weighted by atomic mass is 16.3. The number of nitrogens with zero attached hydrogens (tertiary/aromatic N) is 5. The molecule has 2 aromatic heterocycles. The largest absolute Gasteiger partial charge is 0.506 e. The van der Waals surface area contributed by atoms with Crippen molar-refractivity contribution in [3.05, 3.63) is 42.6 Å². The second-order valence-corrected chi connectivity index (χ2v) is 7.70. The molecule has 8 heteroatoms. The Balaban J connectivity index is 1.24. The van der Waals surface area contributed by atoms with Gasteiger partial charge in [0.15, 0.2) is 0 Å². The van der Waals surface area contributed by atoms with E-state index in [1.54, 1.807) is 24.4 Å². The minimum Gasteiger partial charge on any atom is -0.506 e. The number of piperidine rings is 1. The molecule has 4 heterocycles. The van der Waals surface area contributed by atoms with E-state index in [0.29, 0.717) is 35.1 Å². The van der Waals surface area contributed by atoms with E-state index < -0.39 is 0 Å². The molecular formula is C20H23N7O. The monoisotopic (exact) mass is 377 g/mol. The highest BCUT2D eigenvalue weighted by Crippen LogP contribution is 2.31. The van der Waals surface area contributed by atoms with Gasteiger partial charge in [0.2, 0.25) is 0 Å². The van der Waals surface area contributed by atoms with E-state index in [1.807, 2.05) is 18.2 Å². The van der Waals surface area contributed by atoms with Gasteiger partial charge in [-0.05, 0) is 55.9 Å². The fourth-order valence-electron chi connectivity index (χ4n) is 4.31. The van der Waals surface area contributed by atoms with E-state index in [0.717, 1.165) is 12.4 Å². The Morgan fingerprint density at radius 3 is 2.57 bits per heavy atom. The lowest BCUT2D eigenvalue weighted by molar-refractivity contribution is 0.311. The van der Waals surface area contributed by atoms with Crippen LogP contribution in [0.5, 0.6) is 5.75 Å². The Labute approximate surface area is 163 Å². The summed E-state index contributed by atoms with van der Waals surface area (Å²) >= 11 is 0. The Morgan fingerprint density at radius 1 is 1.00 bits per heavy atom. The molecule has 2 saturated heterocycles. The van der Waals surface area contributed by atoms with Crippen molar-refractivity contribution in [1.29, 1.82) is 0 Å². The number of aromatic hydroxyl groups is 1. The molecule has 2 aliphatic rings. The van der Waals surface area contributed by atoms with Gasteiger partial charge in [0.1, 0.15) is 28.6 Å². The van der Waals surface area contributed by atoms with Crippen LogP contribution in [0.1, 0.15) is 25.7 Å². The summed E-state index contributed by atoms with van der Waals surface area (Å²) in [5.41, 5.74) is 1.83. The predicted octanol–water partition coefficient (Wildman–Crippen LogP) is 2.37. The Kier molecular flexibility index (Phi) is 4.40. The van der Waals surface area contributed by atoms with E-state index in [9.17, 15) is 5.11 Å². The van der Waals surface area contributed by atoms with Crippen LogP contribution in [0.4, 0.5) is 5.82 Å². The number of phenols is 1. The lowest BCUT2D eigenvalue weighted by Gasteiger charge is -2.29. The van der Waals surface area contributed by atoms with Gasteiger partial charge < -0.3 is 15.7 Å².